The second kappa shape index (κ2) is 6.52. The summed E-state index contributed by atoms with van der Waals surface area (Å²) in [6.07, 6.45) is 11.7. The van der Waals surface area contributed by atoms with Crippen molar-refractivity contribution in [2.45, 2.75) is 83.7 Å². The summed E-state index contributed by atoms with van der Waals surface area (Å²) in [6.45, 7) is 5.55. The van der Waals surface area contributed by atoms with Gasteiger partial charge in [-0.05, 0) is 61.0 Å². The Kier molecular flexibility index (Phi) is 4.69. The van der Waals surface area contributed by atoms with Gasteiger partial charge in [0.1, 0.15) is 0 Å². The molecule has 0 heterocycles. The molecule has 0 unspecified atom stereocenters. The lowest BCUT2D eigenvalue weighted by Gasteiger charge is -2.37. The van der Waals surface area contributed by atoms with Gasteiger partial charge in [-0.15, -0.1) is 0 Å². The van der Waals surface area contributed by atoms with E-state index in [0.29, 0.717) is 5.92 Å². The van der Waals surface area contributed by atoms with Gasteiger partial charge in [0.05, 0.1) is 0 Å². The SMILES string of the molecule is CC(C)c1ccc(CNC2CCC3(CCCC3)CC2)cc1. The molecule has 0 aromatic heterocycles. The van der Waals surface area contributed by atoms with Crippen LogP contribution in [0.15, 0.2) is 24.3 Å². The van der Waals surface area contributed by atoms with Crippen molar-refractivity contribution < 1.29 is 0 Å². The standard InChI is InChI=1S/C20H31N/c1-16(2)18-7-5-17(6-8-18)15-21-19-9-13-20(14-10-19)11-3-4-12-20/h5-8,16,19,21H,3-4,9-15H2,1-2H3. The molecule has 0 bridgehead atoms. The van der Waals surface area contributed by atoms with E-state index in [1.807, 2.05) is 0 Å². The van der Waals surface area contributed by atoms with Crippen molar-refractivity contribution in [3.05, 3.63) is 35.4 Å². The van der Waals surface area contributed by atoms with Crippen LogP contribution in [0.4, 0.5) is 0 Å². The molecule has 1 aromatic rings. The Morgan fingerprint density at radius 3 is 2.19 bits per heavy atom. The Morgan fingerprint density at radius 1 is 1.00 bits per heavy atom. The van der Waals surface area contributed by atoms with E-state index in [1.54, 1.807) is 0 Å². The molecular weight excluding hydrogens is 254 g/mol. The van der Waals surface area contributed by atoms with Gasteiger partial charge in [-0.1, -0.05) is 51.0 Å². The smallest absolute Gasteiger partial charge is 0.0208 e. The van der Waals surface area contributed by atoms with Gasteiger partial charge in [-0.2, -0.15) is 0 Å². The van der Waals surface area contributed by atoms with E-state index in [4.69, 9.17) is 0 Å². The molecule has 0 radical (unpaired) electrons. The molecule has 1 spiro atoms. The molecule has 2 aliphatic carbocycles. The highest BCUT2D eigenvalue weighted by molar-refractivity contribution is 5.24. The Labute approximate surface area is 130 Å². The van der Waals surface area contributed by atoms with Crippen LogP contribution in [0.5, 0.6) is 0 Å². The third-order valence-corrected chi connectivity index (χ3v) is 5.95. The van der Waals surface area contributed by atoms with Crippen molar-refractivity contribution in [2.75, 3.05) is 0 Å². The molecule has 1 aromatic carbocycles. The van der Waals surface area contributed by atoms with Gasteiger partial charge in [0.25, 0.3) is 0 Å². The molecule has 2 saturated carbocycles. The van der Waals surface area contributed by atoms with Crippen molar-refractivity contribution in [1.29, 1.82) is 0 Å². The molecule has 2 fully saturated rings. The fourth-order valence-electron chi connectivity index (χ4n) is 4.34. The van der Waals surface area contributed by atoms with E-state index in [2.05, 4.69) is 43.4 Å². The highest BCUT2D eigenvalue weighted by Gasteiger charge is 2.37. The zero-order chi connectivity index (χ0) is 14.7. The van der Waals surface area contributed by atoms with Crippen molar-refractivity contribution in [3.8, 4) is 0 Å². The van der Waals surface area contributed by atoms with Crippen molar-refractivity contribution >= 4 is 0 Å². The molecule has 21 heavy (non-hydrogen) atoms. The highest BCUT2D eigenvalue weighted by Crippen LogP contribution is 2.48. The van der Waals surface area contributed by atoms with Crippen molar-refractivity contribution in [1.82, 2.24) is 5.32 Å². The minimum atomic E-state index is 0.632. The predicted octanol–water partition coefficient (Wildman–Crippen LogP) is 5.40. The van der Waals surface area contributed by atoms with Crippen LogP contribution in [0.2, 0.25) is 0 Å². The lowest BCUT2D eigenvalue weighted by Crippen LogP contribution is -2.36. The number of hydrogen-bond donors (Lipinski definition) is 1. The molecule has 1 nitrogen and oxygen atoms in total. The van der Waals surface area contributed by atoms with Gasteiger partial charge in [0.15, 0.2) is 0 Å². The van der Waals surface area contributed by atoms with E-state index in [0.717, 1.165) is 18.0 Å². The van der Waals surface area contributed by atoms with Gasteiger partial charge >= 0.3 is 0 Å². The van der Waals surface area contributed by atoms with E-state index >= 15 is 0 Å². The molecule has 2 aliphatic rings. The summed E-state index contributed by atoms with van der Waals surface area (Å²) in [5.41, 5.74) is 3.64. The van der Waals surface area contributed by atoms with E-state index in [1.165, 1.54) is 62.5 Å². The van der Waals surface area contributed by atoms with Crippen LogP contribution in [0.1, 0.15) is 82.3 Å². The molecule has 1 N–H and O–H groups in total. The average molecular weight is 285 g/mol. The Balaban J connectivity index is 1.45. The molecule has 0 atom stereocenters. The van der Waals surface area contributed by atoms with Crippen LogP contribution in [0.3, 0.4) is 0 Å². The van der Waals surface area contributed by atoms with Gasteiger partial charge in [0, 0.05) is 12.6 Å². The maximum absolute atomic E-state index is 3.79. The van der Waals surface area contributed by atoms with E-state index in [9.17, 15) is 0 Å². The summed E-state index contributed by atoms with van der Waals surface area (Å²) in [6, 6.07) is 9.92. The Bertz CT molecular complexity index is 429. The van der Waals surface area contributed by atoms with E-state index in [-0.39, 0.29) is 0 Å². The molecule has 1 heteroatoms. The van der Waals surface area contributed by atoms with Gasteiger partial charge in [0.2, 0.25) is 0 Å². The van der Waals surface area contributed by atoms with Crippen LogP contribution in [-0.2, 0) is 6.54 Å². The summed E-state index contributed by atoms with van der Waals surface area (Å²) in [5, 5.41) is 3.79. The molecule has 0 saturated heterocycles. The average Bonchev–Trinajstić information content (AvgIpc) is 2.95. The monoisotopic (exact) mass is 285 g/mol. The molecule has 3 rings (SSSR count). The Hall–Kier alpha value is -0.820. The molecule has 116 valence electrons. The summed E-state index contributed by atoms with van der Waals surface area (Å²) >= 11 is 0. The van der Waals surface area contributed by atoms with Crippen LogP contribution >= 0.6 is 0 Å². The lowest BCUT2D eigenvalue weighted by atomic mass is 9.71. The fourth-order valence-corrected chi connectivity index (χ4v) is 4.34. The largest absolute Gasteiger partial charge is 0.310 e. The molecular formula is C20H31N. The van der Waals surface area contributed by atoms with Crippen molar-refractivity contribution in [3.63, 3.8) is 0 Å². The minimum absolute atomic E-state index is 0.632. The summed E-state index contributed by atoms with van der Waals surface area (Å²) in [4.78, 5) is 0. The maximum atomic E-state index is 3.79. The van der Waals surface area contributed by atoms with E-state index < -0.39 is 0 Å². The summed E-state index contributed by atoms with van der Waals surface area (Å²) < 4.78 is 0. The van der Waals surface area contributed by atoms with Gasteiger partial charge in [-0.3, -0.25) is 0 Å². The second-order valence-electron chi connectivity index (χ2n) is 7.76. The number of benzene rings is 1. The first-order chi connectivity index (χ1) is 10.2. The zero-order valence-electron chi connectivity index (χ0n) is 13.8. The van der Waals surface area contributed by atoms with Crippen molar-refractivity contribution in [2.24, 2.45) is 5.41 Å². The first-order valence-electron chi connectivity index (χ1n) is 8.99. The number of hydrogen-bond acceptors (Lipinski definition) is 1. The highest BCUT2D eigenvalue weighted by atomic mass is 14.9. The van der Waals surface area contributed by atoms with Crippen LogP contribution < -0.4 is 5.32 Å². The normalized spacial score (nSPS) is 22.2. The van der Waals surface area contributed by atoms with Crippen LogP contribution in [-0.4, -0.2) is 6.04 Å². The number of rotatable bonds is 4. The van der Waals surface area contributed by atoms with Gasteiger partial charge in [-0.25, -0.2) is 0 Å². The molecule has 0 aliphatic heterocycles. The fraction of sp³-hybridized carbons (Fsp3) is 0.700. The maximum Gasteiger partial charge on any atom is 0.0208 e. The van der Waals surface area contributed by atoms with Crippen LogP contribution in [0, 0.1) is 5.41 Å². The predicted molar refractivity (Wildman–Crippen MR) is 90.5 cm³/mol. The zero-order valence-corrected chi connectivity index (χ0v) is 13.8. The summed E-state index contributed by atoms with van der Waals surface area (Å²) in [5.74, 6) is 0.632. The van der Waals surface area contributed by atoms with Crippen LogP contribution in [0.25, 0.3) is 0 Å². The first kappa shape index (κ1) is 15.1. The minimum Gasteiger partial charge on any atom is -0.310 e. The third-order valence-electron chi connectivity index (χ3n) is 5.95. The quantitative estimate of drug-likeness (QED) is 0.780. The molecule has 0 amide bonds. The van der Waals surface area contributed by atoms with Gasteiger partial charge < -0.3 is 5.32 Å². The Morgan fingerprint density at radius 2 is 1.62 bits per heavy atom. The topological polar surface area (TPSA) is 12.0 Å². The third kappa shape index (κ3) is 3.69. The number of nitrogens with one attached hydrogen (secondary N) is 1. The lowest BCUT2D eigenvalue weighted by molar-refractivity contribution is 0.168. The summed E-state index contributed by atoms with van der Waals surface area (Å²) in [7, 11) is 0. The second-order valence-corrected chi connectivity index (χ2v) is 7.76. The first-order valence-corrected chi connectivity index (χ1v) is 8.99.